The van der Waals surface area contributed by atoms with Crippen molar-refractivity contribution in [3.05, 3.63) is 34.7 Å². The van der Waals surface area contributed by atoms with Gasteiger partial charge in [-0.05, 0) is 41.6 Å². The van der Waals surface area contributed by atoms with Gasteiger partial charge in [0.25, 0.3) is 0 Å². The van der Waals surface area contributed by atoms with E-state index >= 15 is 0 Å². The minimum absolute atomic E-state index is 0.523. The lowest BCUT2D eigenvalue weighted by Gasteiger charge is -1.95. The lowest BCUT2D eigenvalue weighted by molar-refractivity contribution is 1.13. The van der Waals surface area contributed by atoms with Gasteiger partial charge in [0.2, 0.25) is 0 Å². The van der Waals surface area contributed by atoms with E-state index < -0.39 is 0 Å². The second-order valence-electron chi connectivity index (χ2n) is 2.96. The Morgan fingerprint density at radius 3 is 2.27 bits per heavy atom. The van der Waals surface area contributed by atoms with Crippen LogP contribution in [0.3, 0.4) is 0 Å². The van der Waals surface area contributed by atoms with Gasteiger partial charge in [0.1, 0.15) is 5.69 Å². The van der Waals surface area contributed by atoms with Crippen molar-refractivity contribution in [1.82, 2.24) is 0 Å². The first-order chi connectivity index (χ1) is 5.40. The zero-order valence-corrected chi connectivity index (χ0v) is 6.16. The van der Waals surface area contributed by atoms with Gasteiger partial charge in [-0.15, -0.1) is 4.91 Å². The summed E-state index contributed by atoms with van der Waals surface area (Å²) in [5.41, 5.74) is 1.87. The predicted molar refractivity (Wildman–Crippen MR) is 43.9 cm³/mol. The van der Waals surface area contributed by atoms with Crippen LogP contribution in [0.1, 0.15) is 24.3 Å². The highest BCUT2D eigenvalue weighted by Crippen LogP contribution is 2.40. The summed E-state index contributed by atoms with van der Waals surface area (Å²) in [5, 5.41) is 2.84. The molecule has 1 aromatic rings. The van der Waals surface area contributed by atoms with Gasteiger partial charge in [0, 0.05) is 0 Å². The van der Waals surface area contributed by atoms with Gasteiger partial charge in [-0.25, -0.2) is 0 Å². The van der Waals surface area contributed by atoms with E-state index in [2.05, 4.69) is 5.18 Å². The van der Waals surface area contributed by atoms with Gasteiger partial charge >= 0.3 is 0 Å². The molecule has 2 rings (SSSR count). The lowest BCUT2D eigenvalue weighted by atomic mass is 10.1. The molecule has 11 heavy (non-hydrogen) atoms. The molecule has 1 aliphatic carbocycles. The number of nitroso groups, excluding NO2 is 1. The van der Waals surface area contributed by atoms with Crippen molar-refractivity contribution in [2.24, 2.45) is 5.18 Å². The fourth-order valence-electron chi connectivity index (χ4n) is 1.22. The number of benzene rings is 1. The summed E-state index contributed by atoms with van der Waals surface area (Å²) in [7, 11) is 0. The van der Waals surface area contributed by atoms with Crippen LogP contribution in [0.4, 0.5) is 5.69 Å². The molecular weight excluding hydrogens is 138 g/mol. The highest BCUT2D eigenvalue weighted by Gasteiger charge is 2.22. The first-order valence-electron chi connectivity index (χ1n) is 3.83. The Balaban J connectivity index is 2.25. The molecule has 0 radical (unpaired) electrons. The van der Waals surface area contributed by atoms with Gasteiger partial charge in [0.15, 0.2) is 0 Å². The summed E-state index contributed by atoms with van der Waals surface area (Å²) in [6, 6.07) is 7.55. The molecule has 0 unspecified atom stereocenters. The summed E-state index contributed by atoms with van der Waals surface area (Å²) in [6.45, 7) is 0. The summed E-state index contributed by atoms with van der Waals surface area (Å²) >= 11 is 0. The Bertz CT molecular complexity index is 261. The molecule has 1 saturated carbocycles. The Morgan fingerprint density at radius 1 is 1.18 bits per heavy atom. The first kappa shape index (κ1) is 6.53. The Labute approximate surface area is 65.2 Å². The third kappa shape index (κ3) is 1.29. The van der Waals surface area contributed by atoms with Crippen molar-refractivity contribution in [2.45, 2.75) is 18.8 Å². The van der Waals surface area contributed by atoms with Gasteiger partial charge in [0.05, 0.1) is 0 Å². The quantitative estimate of drug-likeness (QED) is 0.591. The first-order valence-corrected chi connectivity index (χ1v) is 3.83. The second kappa shape index (κ2) is 2.46. The molecule has 0 amide bonds. The van der Waals surface area contributed by atoms with Crippen molar-refractivity contribution < 1.29 is 0 Å². The largest absolute Gasteiger partial charge is 0.145 e. The van der Waals surface area contributed by atoms with Gasteiger partial charge < -0.3 is 0 Å². The third-order valence-electron chi connectivity index (χ3n) is 2.05. The molecule has 0 bridgehead atoms. The normalized spacial score (nSPS) is 16.4. The van der Waals surface area contributed by atoms with Gasteiger partial charge in [-0.1, -0.05) is 12.1 Å². The summed E-state index contributed by atoms with van der Waals surface area (Å²) in [6.07, 6.45) is 2.60. The lowest BCUT2D eigenvalue weighted by Crippen LogP contribution is -1.75. The molecule has 2 nitrogen and oxygen atoms in total. The van der Waals surface area contributed by atoms with E-state index in [9.17, 15) is 4.91 Å². The Hall–Kier alpha value is -1.18. The maximum Gasteiger partial charge on any atom is 0.108 e. The van der Waals surface area contributed by atoms with Crippen LogP contribution in [0.15, 0.2) is 29.4 Å². The maximum atomic E-state index is 10.1. The summed E-state index contributed by atoms with van der Waals surface area (Å²) in [4.78, 5) is 10.1. The fraction of sp³-hybridized carbons (Fsp3) is 0.333. The summed E-state index contributed by atoms with van der Waals surface area (Å²) < 4.78 is 0. The molecule has 0 heterocycles. The van der Waals surface area contributed by atoms with Crippen LogP contribution in [0.2, 0.25) is 0 Å². The standard InChI is InChI=1S/C9H9NO/c11-10-9-5-3-8(4-6-9)7-1-2-7/h3-7H,1-2H2. The van der Waals surface area contributed by atoms with Crippen molar-refractivity contribution in [3.8, 4) is 0 Å². The molecule has 0 N–H and O–H groups in total. The van der Waals surface area contributed by atoms with E-state index in [0.717, 1.165) is 5.92 Å². The topological polar surface area (TPSA) is 29.4 Å². The van der Waals surface area contributed by atoms with E-state index in [0.29, 0.717) is 5.69 Å². The van der Waals surface area contributed by atoms with Crippen LogP contribution in [0.5, 0.6) is 0 Å². The molecule has 0 aliphatic heterocycles. The highest BCUT2D eigenvalue weighted by molar-refractivity contribution is 5.40. The van der Waals surface area contributed by atoms with Crippen molar-refractivity contribution >= 4 is 5.69 Å². The molecule has 2 heteroatoms. The molecule has 56 valence electrons. The molecule has 0 aromatic heterocycles. The molecule has 1 fully saturated rings. The van der Waals surface area contributed by atoms with Crippen LogP contribution in [0.25, 0.3) is 0 Å². The van der Waals surface area contributed by atoms with E-state index in [1.54, 1.807) is 12.1 Å². The number of rotatable bonds is 2. The zero-order chi connectivity index (χ0) is 7.68. The number of nitrogens with zero attached hydrogens (tertiary/aromatic N) is 1. The maximum absolute atomic E-state index is 10.1. The van der Waals surface area contributed by atoms with Gasteiger partial charge in [-0.2, -0.15) is 0 Å². The van der Waals surface area contributed by atoms with Crippen LogP contribution in [0, 0.1) is 4.91 Å². The molecule has 0 spiro atoms. The average Bonchev–Trinajstić information content (AvgIpc) is 2.87. The number of hydrogen-bond donors (Lipinski definition) is 0. The van der Waals surface area contributed by atoms with Crippen molar-refractivity contribution in [2.75, 3.05) is 0 Å². The molecular formula is C9H9NO. The van der Waals surface area contributed by atoms with E-state index in [-0.39, 0.29) is 0 Å². The zero-order valence-electron chi connectivity index (χ0n) is 6.16. The Morgan fingerprint density at radius 2 is 1.82 bits per heavy atom. The van der Waals surface area contributed by atoms with E-state index in [4.69, 9.17) is 0 Å². The minimum Gasteiger partial charge on any atom is -0.145 e. The average molecular weight is 147 g/mol. The predicted octanol–water partition coefficient (Wildman–Crippen LogP) is 2.96. The second-order valence-corrected chi connectivity index (χ2v) is 2.96. The van der Waals surface area contributed by atoms with E-state index in [1.807, 2.05) is 12.1 Å². The third-order valence-corrected chi connectivity index (χ3v) is 2.05. The monoisotopic (exact) mass is 147 g/mol. The minimum atomic E-state index is 0.523. The van der Waals surface area contributed by atoms with Crippen LogP contribution in [-0.4, -0.2) is 0 Å². The fourth-order valence-corrected chi connectivity index (χ4v) is 1.22. The molecule has 0 saturated heterocycles. The molecule has 1 aromatic carbocycles. The van der Waals surface area contributed by atoms with Gasteiger partial charge in [-0.3, -0.25) is 0 Å². The van der Waals surface area contributed by atoms with Crippen molar-refractivity contribution in [1.29, 1.82) is 0 Å². The van der Waals surface area contributed by atoms with Crippen LogP contribution in [-0.2, 0) is 0 Å². The van der Waals surface area contributed by atoms with E-state index in [1.165, 1.54) is 18.4 Å². The Kier molecular flexibility index (Phi) is 1.46. The molecule has 1 aliphatic rings. The highest BCUT2D eigenvalue weighted by atomic mass is 16.3. The summed E-state index contributed by atoms with van der Waals surface area (Å²) in [5.74, 6) is 0.760. The van der Waals surface area contributed by atoms with Crippen LogP contribution >= 0.6 is 0 Å². The van der Waals surface area contributed by atoms with Crippen LogP contribution < -0.4 is 0 Å². The molecule has 0 atom stereocenters. The number of hydrogen-bond acceptors (Lipinski definition) is 2. The SMILES string of the molecule is O=Nc1ccc(C2CC2)cc1. The van der Waals surface area contributed by atoms with Crippen molar-refractivity contribution in [3.63, 3.8) is 0 Å². The smallest absolute Gasteiger partial charge is 0.108 e.